The largest absolute Gasteiger partial charge is 0.481 e. The molecule has 1 aromatic carbocycles. The van der Waals surface area contributed by atoms with Gasteiger partial charge in [-0.2, -0.15) is 0 Å². The van der Waals surface area contributed by atoms with E-state index in [-0.39, 0.29) is 6.42 Å². The minimum absolute atomic E-state index is 0.207. The Bertz CT molecular complexity index is 610. The molecule has 0 bridgehead atoms. The second-order valence-electron chi connectivity index (χ2n) is 3.72. The van der Waals surface area contributed by atoms with Crippen molar-refractivity contribution in [2.45, 2.75) is 6.42 Å². The molecule has 6 nitrogen and oxygen atoms in total. The number of urea groups is 1. The van der Waals surface area contributed by atoms with Crippen LogP contribution < -0.4 is 11.1 Å². The highest BCUT2D eigenvalue weighted by molar-refractivity contribution is 7.19. The molecule has 0 unspecified atom stereocenters. The van der Waals surface area contributed by atoms with Crippen LogP contribution in [0.15, 0.2) is 30.3 Å². The molecule has 4 N–H and O–H groups in total. The Hall–Kier alpha value is -2.41. The number of amides is 2. The molecule has 0 radical (unpaired) electrons. The number of nitrogens with one attached hydrogen (secondary N) is 1. The smallest absolute Gasteiger partial charge is 0.318 e. The van der Waals surface area contributed by atoms with E-state index in [0.717, 1.165) is 5.56 Å². The number of nitrogens with two attached hydrogens (primary N) is 1. The van der Waals surface area contributed by atoms with Crippen molar-refractivity contribution < 1.29 is 14.7 Å². The second-order valence-corrected chi connectivity index (χ2v) is 4.72. The van der Waals surface area contributed by atoms with E-state index in [4.69, 9.17) is 10.8 Å². The van der Waals surface area contributed by atoms with Crippen LogP contribution in [0.25, 0.3) is 10.4 Å². The van der Waals surface area contributed by atoms with Crippen LogP contribution in [0.4, 0.5) is 9.93 Å². The molecule has 19 heavy (non-hydrogen) atoms. The predicted octanol–water partition coefficient (Wildman–Crippen LogP) is 1.93. The SMILES string of the molecule is NC(=O)Nc1nc(CC(=O)O)c(-c2ccccc2)s1. The van der Waals surface area contributed by atoms with Crippen LogP contribution in [0.5, 0.6) is 0 Å². The van der Waals surface area contributed by atoms with Gasteiger partial charge in [0, 0.05) is 0 Å². The molecule has 0 saturated carbocycles. The molecule has 0 aliphatic heterocycles. The summed E-state index contributed by atoms with van der Waals surface area (Å²) < 4.78 is 0. The third kappa shape index (κ3) is 3.29. The number of hydrogen-bond acceptors (Lipinski definition) is 4. The van der Waals surface area contributed by atoms with E-state index in [1.54, 1.807) is 0 Å². The molecule has 0 fully saturated rings. The number of benzene rings is 1. The normalized spacial score (nSPS) is 10.1. The zero-order chi connectivity index (χ0) is 13.8. The van der Waals surface area contributed by atoms with E-state index in [2.05, 4.69) is 10.3 Å². The summed E-state index contributed by atoms with van der Waals surface area (Å²) >= 11 is 1.20. The van der Waals surface area contributed by atoms with Crippen molar-refractivity contribution in [3.63, 3.8) is 0 Å². The Kier molecular flexibility index (Phi) is 3.76. The van der Waals surface area contributed by atoms with Crippen LogP contribution >= 0.6 is 11.3 Å². The van der Waals surface area contributed by atoms with Gasteiger partial charge in [-0.15, -0.1) is 0 Å². The van der Waals surface area contributed by atoms with Gasteiger partial charge in [0.25, 0.3) is 0 Å². The first-order valence-corrected chi connectivity index (χ1v) is 6.21. The van der Waals surface area contributed by atoms with Crippen LogP contribution in [0, 0.1) is 0 Å². The van der Waals surface area contributed by atoms with Gasteiger partial charge in [-0.05, 0) is 5.56 Å². The minimum Gasteiger partial charge on any atom is -0.481 e. The Morgan fingerprint density at radius 3 is 2.58 bits per heavy atom. The topological polar surface area (TPSA) is 105 Å². The predicted molar refractivity (Wildman–Crippen MR) is 72.1 cm³/mol. The van der Waals surface area contributed by atoms with Crippen molar-refractivity contribution >= 4 is 28.5 Å². The summed E-state index contributed by atoms with van der Waals surface area (Å²) in [4.78, 5) is 26.5. The molecule has 2 aromatic rings. The fraction of sp³-hybridized carbons (Fsp3) is 0.0833. The van der Waals surface area contributed by atoms with E-state index < -0.39 is 12.0 Å². The molecule has 2 amide bonds. The third-order valence-corrected chi connectivity index (χ3v) is 3.34. The molecule has 0 aliphatic carbocycles. The van der Waals surface area contributed by atoms with Gasteiger partial charge in [0.05, 0.1) is 17.0 Å². The average molecular weight is 277 g/mol. The van der Waals surface area contributed by atoms with Gasteiger partial charge in [-0.3, -0.25) is 10.1 Å². The van der Waals surface area contributed by atoms with E-state index in [9.17, 15) is 9.59 Å². The van der Waals surface area contributed by atoms with Crippen molar-refractivity contribution in [3.05, 3.63) is 36.0 Å². The monoisotopic (exact) mass is 277 g/mol. The summed E-state index contributed by atoms with van der Waals surface area (Å²) in [6.45, 7) is 0. The Morgan fingerprint density at radius 1 is 1.32 bits per heavy atom. The van der Waals surface area contributed by atoms with Gasteiger partial charge in [-0.1, -0.05) is 41.7 Å². The Balaban J connectivity index is 2.42. The first-order valence-electron chi connectivity index (χ1n) is 5.39. The molecule has 7 heteroatoms. The molecular formula is C12H11N3O3S. The number of carbonyl (C=O) groups excluding carboxylic acids is 1. The van der Waals surface area contributed by atoms with E-state index in [1.165, 1.54) is 11.3 Å². The number of rotatable bonds is 4. The fourth-order valence-electron chi connectivity index (χ4n) is 1.59. The number of aliphatic carboxylic acids is 1. The zero-order valence-corrected chi connectivity index (χ0v) is 10.6. The van der Waals surface area contributed by atoms with Crippen molar-refractivity contribution in [1.29, 1.82) is 0 Å². The number of carboxylic acids is 1. The van der Waals surface area contributed by atoms with Crippen LogP contribution in [0.1, 0.15) is 5.69 Å². The maximum atomic E-state index is 10.8. The third-order valence-electron chi connectivity index (χ3n) is 2.28. The van der Waals surface area contributed by atoms with Gasteiger partial charge in [0.1, 0.15) is 0 Å². The number of aromatic nitrogens is 1. The molecule has 0 saturated heterocycles. The quantitative estimate of drug-likeness (QED) is 0.793. The number of thiazole rings is 1. The Morgan fingerprint density at radius 2 is 2.00 bits per heavy atom. The van der Waals surface area contributed by atoms with Gasteiger partial charge in [-0.25, -0.2) is 9.78 Å². The standard InChI is InChI=1S/C12H11N3O3S/c13-11(18)15-12-14-8(6-9(16)17)10(19-12)7-4-2-1-3-5-7/h1-5H,6H2,(H,16,17)(H3,13,14,15,18). The van der Waals surface area contributed by atoms with Crippen molar-refractivity contribution in [2.24, 2.45) is 5.73 Å². The summed E-state index contributed by atoms with van der Waals surface area (Å²) in [6, 6.07) is 8.54. The van der Waals surface area contributed by atoms with Gasteiger partial charge >= 0.3 is 12.0 Å². The number of nitrogens with zero attached hydrogens (tertiary/aromatic N) is 1. The van der Waals surface area contributed by atoms with Crippen molar-refractivity contribution in [3.8, 4) is 10.4 Å². The molecular weight excluding hydrogens is 266 g/mol. The average Bonchev–Trinajstić information content (AvgIpc) is 2.71. The first kappa shape index (κ1) is 13.0. The summed E-state index contributed by atoms with van der Waals surface area (Å²) in [6.07, 6.45) is -0.207. The highest BCUT2D eigenvalue weighted by Gasteiger charge is 2.16. The lowest BCUT2D eigenvalue weighted by Gasteiger charge is -1.99. The molecule has 98 valence electrons. The van der Waals surface area contributed by atoms with E-state index in [1.807, 2.05) is 30.3 Å². The first-order chi connectivity index (χ1) is 9.06. The summed E-state index contributed by atoms with van der Waals surface area (Å²) in [7, 11) is 0. The highest BCUT2D eigenvalue weighted by atomic mass is 32.1. The summed E-state index contributed by atoms with van der Waals surface area (Å²) in [5, 5.41) is 11.5. The summed E-state index contributed by atoms with van der Waals surface area (Å²) in [5.74, 6) is -0.979. The number of anilines is 1. The molecule has 0 spiro atoms. The molecule has 1 aromatic heterocycles. The van der Waals surface area contributed by atoms with Gasteiger partial charge in [0.2, 0.25) is 0 Å². The maximum absolute atomic E-state index is 10.8. The lowest BCUT2D eigenvalue weighted by molar-refractivity contribution is -0.136. The van der Waals surface area contributed by atoms with E-state index in [0.29, 0.717) is 15.7 Å². The number of carboxylic acid groups (broad SMARTS) is 1. The lowest BCUT2D eigenvalue weighted by Crippen LogP contribution is -2.19. The Labute approximate surface area is 112 Å². The highest BCUT2D eigenvalue weighted by Crippen LogP contribution is 2.33. The lowest BCUT2D eigenvalue weighted by atomic mass is 10.1. The van der Waals surface area contributed by atoms with Gasteiger partial charge in [0.15, 0.2) is 5.13 Å². The number of hydrogen-bond donors (Lipinski definition) is 3. The van der Waals surface area contributed by atoms with Gasteiger partial charge < -0.3 is 10.8 Å². The fourth-order valence-corrected chi connectivity index (χ4v) is 2.58. The van der Waals surface area contributed by atoms with Crippen molar-refractivity contribution in [1.82, 2.24) is 4.98 Å². The minimum atomic E-state index is -0.979. The van der Waals surface area contributed by atoms with Crippen LogP contribution in [-0.4, -0.2) is 22.1 Å². The van der Waals surface area contributed by atoms with Crippen LogP contribution in [0.2, 0.25) is 0 Å². The van der Waals surface area contributed by atoms with Crippen LogP contribution in [0.3, 0.4) is 0 Å². The molecule has 1 heterocycles. The van der Waals surface area contributed by atoms with Crippen LogP contribution in [-0.2, 0) is 11.2 Å². The molecule has 0 atom stereocenters. The molecule has 2 rings (SSSR count). The second kappa shape index (κ2) is 5.49. The number of carbonyl (C=O) groups is 2. The zero-order valence-electron chi connectivity index (χ0n) is 9.79. The number of primary amides is 1. The summed E-state index contributed by atoms with van der Waals surface area (Å²) in [5.41, 5.74) is 6.29. The van der Waals surface area contributed by atoms with Crippen molar-refractivity contribution in [2.75, 3.05) is 5.32 Å². The molecule has 0 aliphatic rings. The van der Waals surface area contributed by atoms with E-state index >= 15 is 0 Å². The maximum Gasteiger partial charge on any atom is 0.318 e.